The van der Waals surface area contributed by atoms with E-state index >= 15 is 0 Å². The van der Waals surface area contributed by atoms with E-state index in [1.807, 2.05) is 0 Å². The van der Waals surface area contributed by atoms with Crippen molar-refractivity contribution in [2.45, 2.75) is 0 Å². The molecule has 1 aromatic heterocycles. The van der Waals surface area contributed by atoms with Gasteiger partial charge in [-0.1, -0.05) is 0 Å². The molecule has 0 aliphatic rings. The van der Waals surface area contributed by atoms with E-state index in [1.54, 1.807) is 30.5 Å². The van der Waals surface area contributed by atoms with Gasteiger partial charge in [-0.3, -0.25) is 0 Å². The Bertz CT molecular complexity index is 456. The second-order valence-corrected chi connectivity index (χ2v) is 3.04. The Morgan fingerprint density at radius 2 is 1.87 bits per heavy atom. The van der Waals surface area contributed by atoms with Crippen LogP contribution in [0.2, 0.25) is 0 Å². The summed E-state index contributed by atoms with van der Waals surface area (Å²) in [4.78, 5) is 2.88. The maximum atomic E-state index is 12.6. The van der Waals surface area contributed by atoms with Crippen LogP contribution in [-0.4, -0.2) is 0 Å². The van der Waals surface area contributed by atoms with Crippen molar-refractivity contribution >= 4 is 5.69 Å². The molecule has 3 N–H and O–H groups in total. The van der Waals surface area contributed by atoms with E-state index in [-0.39, 0.29) is 5.82 Å². The molecular weight excluding hydrogens is 195 g/mol. The van der Waals surface area contributed by atoms with Gasteiger partial charge < -0.3 is 10.5 Å². The maximum Gasteiger partial charge on any atom is 0.373 e. The fourth-order valence-corrected chi connectivity index (χ4v) is 1.15. The molecule has 0 aliphatic heterocycles. The van der Waals surface area contributed by atoms with Crippen molar-refractivity contribution < 1.29 is 14.1 Å². The normalized spacial score (nSPS) is 9.93. The van der Waals surface area contributed by atoms with Crippen LogP contribution in [0, 0.1) is 5.82 Å². The first kappa shape index (κ1) is 9.45. The second kappa shape index (κ2) is 3.96. The topological polar surface area (TPSA) is 49.4 Å². The maximum absolute atomic E-state index is 12.6. The zero-order valence-corrected chi connectivity index (χ0v) is 7.91. The third-order valence-corrected chi connectivity index (χ3v) is 1.84. The van der Waals surface area contributed by atoms with Crippen molar-refractivity contribution in [1.82, 2.24) is 0 Å². The minimum absolute atomic E-state index is 0.293. The van der Waals surface area contributed by atoms with Crippen LogP contribution in [0.1, 0.15) is 0 Å². The lowest BCUT2D eigenvalue weighted by Crippen LogP contribution is -2.06. The average Bonchev–Trinajstić information content (AvgIpc) is 2.22. The van der Waals surface area contributed by atoms with Gasteiger partial charge in [0.2, 0.25) is 0 Å². The third kappa shape index (κ3) is 2.43. The number of hydrogen-bond donors (Lipinski definition) is 1. The fraction of sp³-hybridized carbons (Fsp3) is 0. The third-order valence-electron chi connectivity index (χ3n) is 1.84. The SMILES string of the molecule is Nc1cc[nH+]c(Oc2ccc(F)cc2)c1. The Morgan fingerprint density at radius 1 is 1.13 bits per heavy atom. The lowest BCUT2D eigenvalue weighted by atomic mass is 10.3. The first-order valence-electron chi connectivity index (χ1n) is 4.45. The molecule has 1 aromatic carbocycles. The van der Waals surface area contributed by atoms with Gasteiger partial charge in [-0.15, -0.1) is 0 Å². The molecule has 2 aromatic rings. The molecule has 1 heterocycles. The van der Waals surface area contributed by atoms with Crippen LogP contribution in [0.15, 0.2) is 42.6 Å². The van der Waals surface area contributed by atoms with E-state index in [9.17, 15) is 4.39 Å². The lowest BCUT2D eigenvalue weighted by Gasteiger charge is -2.00. The summed E-state index contributed by atoms with van der Waals surface area (Å²) in [5.41, 5.74) is 6.18. The highest BCUT2D eigenvalue weighted by Crippen LogP contribution is 2.18. The number of nitrogens with one attached hydrogen (secondary N) is 1. The van der Waals surface area contributed by atoms with Crippen molar-refractivity contribution in [2.75, 3.05) is 5.73 Å². The molecule has 0 spiro atoms. The van der Waals surface area contributed by atoms with Gasteiger partial charge in [0.05, 0.1) is 6.07 Å². The average molecular weight is 205 g/mol. The standard InChI is InChI=1S/C11H9FN2O/c12-8-1-3-10(4-2-8)15-11-7-9(13)5-6-14-11/h1-7H,(H2,13,14)/p+1. The largest absolute Gasteiger partial charge is 0.405 e. The predicted octanol–water partition coefficient (Wildman–Crippen LogP) is 2.01. The van der Waals surface area contributed by atoms with Gasteiger partial charge in [0, 0.05) is 11.8 Å². The molecule has 76 valence electrons. The second-order valence-electron chi connectivity index (χ2n) is 3.04. The van der Waals surface area contributed by atoms with Gasteiger partial charge in [0.1, 0.15) is 11.6 Å². The highest BCUT2D eigenvalue weighted by molar-refractivity contribution is 5.38. The fourth-order valence-electron chi connectivity index (χ4n) is 1.15. The summed E-state index contributed by atoms with van der Waals surface area (Å²) in [5, 5.41) is 0. The Hall–Kier alpha value is -2.10. The highest BCUT2D eigenvalue weighted by Gasteiger charge is 2.04. The van der Waals surface area contributed by atoms with E-state index in [2.05, 4.69) is 4.98 Å². The molecule has 0 bridgehead atoms. The van der Waals surface area contributed by atoms with Crippen LogP contribution in [0.3, 0.4) is 0 Å². The van der Waals surface area contributed by atoms with Crippen LogP contribution in [-0.2, 0) is 0 Å². The Balaban J connectivity index is 2.18. The molecule has 15 heavy (non-hydrogen) atoms. The summed E-state index contributed by atoms with van der Waals surface area (Å²) in [6.07, 6.45) is 1.67. The summed E-state index contributed by atoms with van der Waals surface area (Å²) >= 11 is 0. The van der Waals surface area contributed by atoms with Gasteiger partial charge in [-0.2, -0.15) is 4.98 Å². The van der Waals surface area contributed by atoms with E-state index in [1.165, 1.54) is 12.1 Å². The summed E-state index contributed by atoms with van der Waals surface area (Å²) in [6, 6.07) is 9.14. The molecule has 0 saturated heterocycles. The highest BCUT2D eigenvalue weighted by atomic mass is 19.1. The number of hydrogen-bond acceptors (Lipinski definition) is 2. The molecule has 4 heteroatoms. The summed E-state index contributed by atoms with van der Waals surface area (Å²) < 4.78 is 18.0. The number of ether oxygens (including phenoxy) is 1. The van der Waals surface area contributed by atoms with Crippen LogP contribution in [0.4, 0.5) is 10.1 Å². The first-order chi connectivity index (χ1) is 7.24. The minimum atomic E-state index is -0.293. The van der Waals surface area contributed by atoms with Crippen LogP contribution in [0.5, 0.6) is 11.6 Å². The molecule has 2 rings (SSSR count). The van der Waals surface area contributed by atoms with Gasteiger partial charge in [0.25, 0.3) is 0 Å². The van der Waals surface area contributed by atoms with Crippen LogP contribution in [0.25, 0.3) is 0 Å². The van der Waals surface area contributed by atoms with Crippen molar-refractivity contribution in [3.05, 3.63) is 48.4 Å². The number of anilines is 1. The molecule has 3 nitrogen and oxygen atoms in total. The minimum Gasteiger partial charge on any atom is -0.405 e. The smallest absolute Gasteiger partial charge is 0.373 e. The Morgan fingerprint density at radius 3 is 2.53 bits per heavy atom. The van der Waals surface area contributed by atoms with Crippen molar-refractivity contribution in [1.29, 1.82) is 0 Å². The van der Waals surface area contributed by atoms with Crippen LogP contribution >= 0.6 is 0 Å². The molecule has 0 saturated carbocycles. The summed E-state index contributed by atoms with van der Waals surface area (Å²) in [6.45, 7) is 0. The molecule has 0 radical (unpaired) electrons. The molecule has 0 unspecified atom stereocenters. The van der Waals surface area contributed by atoms with E-state index in [0.29, 0.717) is 17.3 Å². The van der Waals surface area contributed by atoms with Crippen molar-refractivity contribution in [3.63, 3.8) is 0 Å². The first-order valence-corrected chi connectivity index (χ1v) is 4.45. The van der Waals surface area contributed by atoms with E-state index in [0.717, 1.165) is 0 Å². The number of nitrogen functional groups attached to an aromatic ring is 1. The predicted molar refractivity (Wildman–Crippen MR) is 53.9 cm³/mol. The molecule has 0 aliphatic carbocycles. The van der Waals surface area contributed by atoms with Gasteiger partial charge in [0.15, 0.2) is 6.20 Å². The number of aromatic nitrogens is 1. The number of pyridine rings is 1. The van der Waals surface area contributed by atoms with Crippen molar-refractivity contribution in [3.8, 4) is 11.6 Å². The molecular formula is C11H10FN2O+. The van der Waals surface area contributed by atoms with Gasteiger partial charge in [-0.25, -0.2) is 4.39 Å². The number of rotatable bonds is 2. The number of benzene rings is 1. The molecule has 0 amide bonds. The lowest BCUT2D eigenvalue weighted by molar-refractivity contribution is -0.390. The molecule has 0 fully saturated rings. The van der Waals surface area contributed by atoms with Crippen LogP contribution < -0.4 is 15.5 Å². The zero-order chi connectivity index (χ0) is 10.7. The molecule has 0 atom stereocenters. The monoisotopic (exact) mass is 205 g/mol. The van der Waals surface area contributed by atoms with E-state index in [4.69, 9.17) is 10.5 Å². The van der Waals surface area contributed by atoms with Gasteiger partial charge >= 0.3 is 5.88 Å². The quantitative estimate of drug-likeness (QED) is 0.815. The number of H-pyrrole nitrogens is 1. The number of nitrogens with two attached hydrogens (primary N) is 1. The Kier molecular flexibility index (Phi) is 2.49. The number of aromatic amines is 1. The van der Waals surface area contributed by atoms with Gasteiger partial charge in [-0.05, 0) is 24.3 Å². The zero-order valence-electron chi connectivity index (χ0n) is 7.91. The number of halogens is 1. The van der Waals surface area contributed by atoms with E-state index < -0.39 is 0 Å². The van der Waals surface area contributed by atoms with Crippen molar-refractivity contribution in [2.24, 2.45) is 0 Å². The Labute approximate surface area is 86.3 Å². The summed E-state index contributed by atoms with van der Waals surface area (Å²) in [7, 11) is 0. The summed E-state index contributed by atoms with van der Waals surface area (Å²) in [5.74, 6) is 0.777.